The topological polar surface area (TPSA) is 73.9 Å². The molecule has 0 spiro atoms. The van der Waals surface area contributed by atoms with E-state index in [9.17, 15) is 9.59 Å². The van der Waals surface area contributed by atoms with E-state index < -0.39 is 5.41 Å². The molecule has 1 aromatic rings. The third-order valence-electron chi connectivity index (χ3n) is 4.30. The van der Waals surface area contributed by atoms with Gasteiger partial charge in [-0.1, -0.05) is 12.1 Å². The molecule has 26 heavy (non-hydrogen) atoms. The maximum atomic E-state index is 12.4. The molecule has 1 unspecified atom stereocenters. The Balaban J connectivity index is 2.85. The fraction of sp³-hybridized carbons (Fsp3) is 0.600. The molecule has 0 aliphatic heterocycles. The van der Waals surface area contributed by atoms with Crippen molar-refractivity contribution in [2.24, 2.45) is 5.41 Å². The van der Waals surface area contributed by atoms with Crippen molar-refractivity contribution in [3.63, 3.8) is 0 Å². The summed E-state index contributed by atoms with van der Waals surface area (Å²) < 4.78 is 15.4. The highest BCUT2D eigenvalue weighted by molar-refractivity contribution is 5.77. The van der Waals surface area contributed by atoms with Crippen LogP contribution in [-0.4, -0.2) is 44.8 Å². The van der Waals surface area contributed by atoms with Crippen molar-refractivity contribution < 1.29 is 23.8 Å². The number of carbonyl (C=O) groups excluding carboxylic acids is 2. The molecule has 1 rings (SSSR count). The Morgan fingerprint density at radius 3 is 2.23 bits per heavy atom. The molecule has 0 saturated carbocycles. The van der Waals surface area contributed by atoms with Crippen molar-refractivity contribution in [1.82, 2.24) is 5.32 Å². The van der Waals surface area contributed by atoms with E-state index in [0.29, 0.717) is 26.2 Å². The lowest BCUT2D eigenvalue weighted by molar-refractivity contribution is -0.155. The largest absolute Gasteiger partial charge is 0.497 e. The number of benzene rings is 1. The average molecular weight is 365 g/mol. The van der Waals surface area contributed by atoms with Gasteiger partial charge in [0, 0.05) is 12.6 Å². The first-order valence-corrected chi connectivity index (χ1v) is 9.04. The molecule has 1 atom stereocenters. The molecule has 0 aromatic heterocycles. The predicted molar refractivity (Wildman–Crippen MR) is 100 cm³/mol. The molecule has 6 nitrogen and oxygen atoms in total. The molecule has 146 valence electrons. The Kier molecular flexibility index (Phi) is 9.13. The summed E-state index contributed by atoms with van der Waals surface area (Å²) in [7, 11) is 1.62. The minimum absolute atomic E-state index is 0.190. The molecule has 0 amide bonds. The molecule has 0 saturated heterocycles. The molecule has 6 heteroatoms. The lowest BCUT2D eigenvalue weighted by atomic mass is 9.81. The van der Waals surface area contributed by atoms with Crippen LogP contribution in [0.15, 0.2) is 24.3 Å². The maximum absolute atomic E-state index is 12.4. The Bertz CT molecular complexity index is 568. The summed E-state index contributed by atoms with van der Waals surface area (Å²) in [6, 6.07) is 7.54. The quantitative estimate of drug-likeness (QED) is 0.608. The molecular weight excluding hydrogens is 334 g/mol. The Labute approximate surface area is 156 Å². The molecule has 0 heterocycles. The van der Waals surface area contributed by atoms with E-state index in [1.165, 1.54) is 0 Å². The van der Waals surface area contributed by atoms with Crippen molar-refractivity contribution in [2.45, 2.75) is 46.6 Å². The highest BCUT2D eigenvalue weighted by Crippen LogP contribution is 2.26. The normalized spacial score (nSPS) is 12.3. The first kappa shape index (κ1) is 22.0. The third kappa shape index (κ3) is 6.67. The number of nitrogens with one attached hydrogen (secondary N) is 1. The Hall–Kier alpha value is -2.08. The second-order valence-corrected chi connectivity index (χ2v) is 6.56. The molecule has 1 N–H and O–H groups in total. The van der Waals surface area contributed by atoms with Crippen LogP contribution in [0.5, 0.6) is 5.75 Å². The van der Waals surface area contributed by atoms with Crippen molar-refractivity contribution >= 4 is 11.9 Å². The van der Waals surface area contributed by atoms with E-state index in [1.54, 1.807) is 21.0 Å². The average Bonchev–Trinajstić information content (AvgIpc) is 2.61. The lowest BCUT2D eigenvalue weighted by Crippen LogP contribution is -2.49. The van der Waals surface area contributed by atoms with Gasteiger partial charge in [0.05, 0.1) is 32.2 Å². The second kappa shape index (κ2) is 10.8. The summed E-state index contributed by atoms with van der Waals surface area (Å²) in [6.45, 7) is 8.42. The van der Waals surface area contributed by atoms with Gasteiger partial charge in [0.15, 0.2) is 0 Å². The first-order chi connectivity index (χ1) is 12.3. The third-order valence-corrected chi connectivity index (χ3v) is 4.30. The summed E-state index contributed by atoms with van der Waals surface area (Å²) in [6.07, 6.45) is 0.879. The highest BCUT2D eigenvalue weighted by atomic mass is 16.5. The van der Waals surface area contributed by atoms with Crippen molar-refractivity contribution in [3.8, 4) is 5.75 Å². The molecule has 0 fully saturated rings. The van der Waals surface area contributed by atoms with Gasteiger partial charge < -0.3 is 19.5 Å². The zero-order valence-corrected chi connectivity index (χ0v) is 16.5. The SMILES string of the molecule is CCOC(=O)CCNC(Cc1ccc(OC)cc1)C(C)(C)C(=O)OCC. The predicted octanol–water partition coefficient (Wildman–Crippen LogP) is 2.74. The van der Waals surface area contributed by atoms with Gasteiger partial charge >= 0.3 is 11.9 Å². The smallest absolute Gasteiger partial charge is 0.313 e. The van der Waals surface area contributed by atoms with Crippen molar-refractivity contribution in [2.75, 3.05) is 26.9 Å². The number of hydrogen-bond donors (Lipinski definition) is 1. The zero-order chi connectivity index (χ0) is 19.6. The van der Waals surface area contributed by atoms with Crippen LogP contribution in [-0.2, 0) is 25.5 Å². The highest BCUT2D eigenvalue weighted by Gasteiger charge is 2.38. The summed E-state index contributed by atoms with van der Waals surface area (Å²) in [5.41, 5.74) is 0.321. The minimum Gasteiger partial charge on any atom is -0.497 e. The number of ether oxygens (including phenoxy) is 3. The fourth-order valence-electron chi connectivity index (χ4n) is 2.62. The van der Waals surface area contributed by atoms with Crippen LogP contribution >= 0.6 is 0 Å². The summed E-state index contributed by atoms with van der Waals surface area (Å²) in [4.78, 5) is 24.0. The number of rotatable bonds is 11. The van der Waals surface area contributed by atoms with Gasteiger partial charge in [-0.25, -0.2) is 0 Å². The molecule has 0 aliphatic carbocycles. The Morgan fingerprint density at radius 2 is 1.69 bits per heavy atom. The van der Waals surface area contributed by atoms with Crippen molar-refractivity contribution in [3.05, 3.63) is 29.8 Å². The van der Waals surface area contributed by atoms with E-state index in [4.69, 9.17) is 14.2 Å². The van der Waals surface area contributed by atoms with Crippen LogP contribution in [0, 0.1) is 5.41 Å². The minimum atomic E-state index is -0.745. The number of esters is 2. The first-order valence-electron chi connectivity index (χ1n) is 9.04. The van der Waals surface area contributed by atoms with Gasteiger partial charge in [-0.2, -0.15) is 0 Å². The molecule has 1 aromatic carbocycles. The van der Waals surface area contributed by atoms with Gasteiger partial charge in [0.1, 0.15) is 5.75 Å². The second-order valence-electron chi connectivity index (χ2n) is 6.56. The van der Waals surface area contributed by atoms with E-state index in [-0.39, 0.29) is 24.4 Å². The zero-order valence-electron chi connectivity index (χ0n) is 16.5. The van der Waals surface area contributed by atoms with Crippen molar-refractivity contribution in [1.29, 1.82) is 0 Å². The van der Waals surface area contributed by atoms with E-state index >= 15 is 0 Å². The molecule has 0 bridgehead atoms. The van der Waals surface area contributed by atoms with Crippen LogP contribution in [0.25, 0.3) is 0 Å². The van der Waals surface area contributed by atoms with E-state index in [1.807, 2.05) is 38.1 Å². The van der Waals surface area contributed by atoms with E-state index in [2.05, 4.69) is 5.32 Å². The van der Waals surface area contributed by atoms with Crippen LogP contribution in [0.3, 0.4) is 0 Å². The van der Waals surface area contributed by atoms with Gasteiger partial charge in [-0.05, 0) is 51.8 Å². The molecule has 0 aliphatic rings. The summed E-state index contributed by atoms with van der Waals surface area (Å²) >= 11 is 0. The maximum Gasteiger partial charge on any atom is 0.313 e. The van der Waals surface area contributed by atoms with Gasteiger partial charge in [-0.3, -0.25) is 9.59 Å². The van der Waals surface area contributed by atoms with Gasteiger partial charge in [-0.15, -0.1) is 0 Å². The molecule has 0 radical (unpaired) electrons. The monoisotopic (exact) mass is 365 g/mol. The molecular formula is C20H31NO5. The summed E-state index contributed by atoms with van der Waals surface area (Å²) in [5.74, 6) is 0.268. The number of carbonyl (C=O) groups is 2. The number of hydrogen-bond acceptors (Lipinski definition) is 6. The van der Waals surface area contributed by atoms with Crippen LogP contribution in [0.1, 0.15) is 39.7 Å². The number of methoxy groups -OCH3 is 1. The van der Waals surface area contributed by atoms with E-state index in [0.717, 1.165) is 11.3 Å². The van der Waals surface area contributed by atoms with Gasteiger partial charge in [0.2, 0.25) is 0 Å². The Morgan fingerprint density at radius 1 is 1.08 bits per heavy atom. The standard InChI is InChI=1S/C20H31NO5/c1-6-25-18(22)12-13-21-17(20(3,4)19(23)26-7-2)14-15-8-10-16(24-5)11-9-15/h8-11,17,21H,6-7,12-14H2,1-5H3. The summed E-state index contributed by atoms with van der Waals surface area (Å²) in [5, 5.41) is 3.33. The van der Waals surface area contributed by atoms with Gasteiger partial charge in [0.25, 0.3) is 0 Å². The fourth-order valence-corrected chi connectivity index (χ4v) is 2.62. The van der Waals surface area contributed by atoms with Crippen LogP contribution in [0.4, 0.5) is 0 Å². The van der Waals surface area contributed by atoms with Crippen LogP contribution in [0.2, 0.25) is 0 Å². The lowest BCUT2D eigenvalue weighted by Gasteiger charge is -2.33. The van der Waals surface area contributed by atoms with Crippen LogP contribution < -0.4 is 10.1 Å².